The molecule has 0 radical (unpaired) electrons. The van der Waals surface area contributed by atoms with Crippen molar-refractivity contribution in [2.24, 2.45) is 17.8 Å². The molecular formula is C71H138O17P2. The average Bonchev–Trinajstić information content (AvgIpc) is 3.23. The first-order chi connectivity index (χ1) is 43.3. The van der Waals surface area contributed by atoms with Crippen molar-refractivity contribution in [3.63, 3.8) is 0 Å². The molecule has 0 rings (SSSR count). The molecule has 90 heavy (non-hydrogen) atoms. The fourth-order valence-electron chi connectivity index (χ4n) is 10.7. The topological polar surface area (TPSA) is 237 Å². The second kappa shape index (κ2) is 61.9. The van der Waals surface area contributed by atoms with Crippen molar-refractivity contribution in [3.8, 4) is 0 Å². The normalized spacial score (nSPS) is 14.5. The number of carbonyl (C=O) groups excluding carboxylic acids is 4. The Balaban J connectivity index is 5.17. The average molecular weight is 1330 g/mol. The van der Waals surface area contributed by atoms with Crippen LogP contribution in [-0.4, -0.2) is 96.7 Å². The Bertz CT molecular complexity index is 1770. The number of esters is 4. The van der Waals surface area contributed by atoms with Crippen LogP contribution in [0.2, 0.25) is 0 Å². The maximum Gasteiger partial charge on any atom is 0.472 e. The summed E-state index contributed by atoms with van der Waals surface area (Å²) < 4.78 is 68.1. The number of unbranched alkanes of at least 4 members (excludes halogenated alkanes) is 36. The maximum absolute atomic E-state index is 13.0. The molecule has 0 fully saturated rings. The summed E-state index contributed by atoms with van der Waals surface area (Å²) in [5.41, 5.74) is 0. The molecule has 0 aliphatic carbocycles. The molecule has 534 valence electrons. The summed E-state index contributed by atoms with van der Waals surface area (Å²) >= 11 is 0. The van der Waals surface area contributed by atoms with Crippen molar-refractivity contribution in [1.82, 2.24) is 0 Å². The first kappa shape index (κ1) is 88.1. The van der Waals surface area contributed by atoms with Crippen LogP contribution in [0, 0.1) is 17.8 Å². The zero-order chi connectivity index (χ0) is 66.6. The maximum atomic E-state index is 13.0. The highest BCUT2D eigenvalue weighted by atomic mass is 31.2. The first-order valence-electron chi connectivity index (χ1n) is 36.9. The minimum atomic E-state index is -4.95. The molecule has 0 amide bonds. The highest BCUT2D eigenvalue weighted by Gasteiger charge is 2.30. The van der Waals surface area contributed by atoms with E-state index in [0.717, 1.165) is 114 Å². The second-order valence-corrected chi connectivity index (χ2v) is 29.7. The van der Waals surface area contributed by atoms with Gasteiger partial charge < -0.3 is 33.8 Å². The molecule has 19 heteroatoms. The molecule has 0 saturated heterocycles. The van der Waals surface area contributed by atoms with Crippen LogP contribution in [0.15, 0.2) is 0 Å². The zero-order valence-electron chi connectivity index (χ0n) is 58.6. The van der Waals surface area contributed by atoms with E-state index in [1.807, 2.05) is 0 Å². The molecular weight excluding hydrogens is 1190 g/mol. The third-order valence-electron chi connectivity index (χ3n) is 16.7. The van der Waals surface area contributed by atoms with Crippen LogP contribution in [-0.2, 0) is 65.4 Å². The molecule has 0 aliphatic rings. The van der Waals surface area contributed by atoms with Gasteiger partial charge in [0, 0.05) is 25.7 Å². The second-order valence-electron chi connectivity index (χ2n) is 26.8. The van der Waals surface area contributed by atoms with E-state index in [1.165, 1.54) is 161 Å². The van der Waals surface area contributed by atoms with Gasteiger partial charge >= 0.3 is 39.5 Å². The number of hydrogen-bond acceptors (Lipinski definition) is 15. The van der Waals surface area contributed by atoms with E-state index < -0.39 is 97.5 Å². The van der Waals surface area contributed by atoms with Gasteiger partial charge in [-0.25, -0.2) is 9.13 Å². The van der Waals surface area contributed by atoms with Gasteiger partial charge in [0.05, 0.1) is 26.4 Å². The monoisotopic (exact) mass is 1320 g/mol. The van der Waals surface area contributed by atoms with Crippen LogP contribution in [0.1, 0.15) is 357 Å². The van der Waals surface area contributed by atoms with Gasteiger partial charge in [0.2, 0.25) is 0 Å². The summed E-state index contributed by atoms with van der Waals surface area (Å²) in [4.78, 5) is 72.3. The number of aliphatic hydroxyl groups is 1. The summed E-state index contributed by atoms with van der Waals surface area (Å²) in [5.74, 6) is 0.235. The summed E-state index contributed by atoms with van der Waals surface area (Å²) in [6.07, 6.45) is 46.1. The highest BCUT2D eigenvalue weighted by molar-refractivity contribution is 7.47. The standard InChI is InChI=1S/C71H138O17P2/c1-8-10-11-35-45-52-68(73)81-58-66(87-70(75)55-48-41-34-28-22-21-25-31-38-44-51-64(7)9-2)60-85-89(77,78)83-56-65(72)57-84-90(79,80)86-61-67(59-82-69(74)53-46-39-32-26-20-16-18-24-30-37-43-50-63(5)6)88-71(76)54-47-40-33-27-19-15-13-12-14-17-23-29-36-42-49-62(3)4/h62-67,72H,8-61H2,1-7H3,(H,77,78)(H,79,80)/t64?,65-,66+,67+/m0/s1. The van der Waals surface area contributed by atoms with Crippen LogP contribution in [0.4, 0.5) is 0 Å². The lowest BCUT2D eigenvalue weighted by Gasteiger charge is -2.21. The Hall–Kier alpha value is -1.94. The van der Waals surface area contributed by atoms with Gasteiger partial charge in [0.1, 0.15) is 19.3 Å². The first-order valence-corrected chi connectivity index (χ1v) is 39.9. The van der Waals surface area contributed by atoms with Gasteiger partial charge in [-0.3, -0.25) is 37.3 Å². The van der Waals surface area contributed by atoms with E-state index in [2.05, 4.69) is 48.5 Å². The minimum absolute atomic E-state index is 0.105. The van der Waals surface area contributed by atoms with Crippen molar-refractivity contribution in [2.75, 3.05) is 39.6 Å². The van der Waals surface area contributed by atoms with Crippen LogP contribution in [0.3, 0.4) is 0 Å². The molecule has 0 aromatic rings. The Morgan fingerprint density at radius 2 is 0.567 bits per heavy atom. The Morgan fingerprint density at radius 1 is 0.322 bits per heavy atom. The molecule has 0 bridgehead atoms. The van der Waals surface area contributed by atoms with Gasteiger partial charge in [0.25, 0.3) is 0 Å². The predicted octanol–water partition coefficient (Wildman–Crippen LogP) is 20.2. The predicted molar refractivity (Wildman–Crippen MR) is 363 cm³/mol. The van der Waals surface area contributed by atoms with E-state index >= 15 is 0 Å². The Morgan fingerprint density at radius 3 is 0.844 bits per heavy atom. The highest BCUT2D eigenvalue weighted by Crippen LogP contribution is 2.45. The van der Waals surface area contributed by atoms with Crippen molar-refractivity contribution >= 4 is 39.5 Å². The third kappa shape index (κ3) is 63.5. The van der Waals surface area contributed by atoms with Gasteiger partial charge in [-0.05, 0) is 43.4 Å². The molecule has 0 saturated carbocycles. The van der Waals surface area contributed by atoms with E-state index in [4.69, 9.17) is 37.0 Å². The lowest BCUT2D eigenvalue weighted by Crippen LogP contribution is -2.30. The molecule has 3 N–H and O–H groups in total. The van der Waals surface area contributed by atoms with Gasteiger partial charge in [0.15, 0.2) is 12.2 Å². The molecule has 0 spiro atoms. The number of hydrogen-bond donors (Lipinski definition) is 3. The lowest BCUT2D eigenvalue weighted by molar-refractivity contribution is -0.161. The van der Waals surface area contributed by atoms with E-state index in [1.54, 1.807) is 0 Å². The van der Waals surface area contributed by atoms with Gasteiger partial charge in [-0.2, -0.15) is 0 Å². The molecule has 6 atom stereocenters. The van der Waals surface area contributed by atoms with E-state index in [0.29, 0.717) is 25.7 Å². The number of carbonyl (C=O) groups is 4. The summed E-state index contributed by atoms with van der Waals surface area (Å²) in [5, 5.41) is 10.6. The van der Waals surface area contributed by atoms with Crippen molar-refractivity contribution in [1.29, 1.82) is 0 Å². The molecule has 0 heterocycles. The fraction of sp³-hybridized carbons (Fsp3) is 0.944. The van der Waals surface area contributed by atoms with Gasteiger partial charge in [-0.15, -0.1) is 0 Å². The van der Waals surface area contributed by atoms with Crippen molar-refractivity contribution in [3.05, 3.63) is 0 Å². The van der Waals surface area contributed by atoms with E-state index in [9.17, 15) is 43.2 Å². The Labute approximate surface area is 549 Å². The van der Waals surface area contributed by atoms with Crippen LogP contribution in [0.25, 0.3) is 0 Å². The van der Waals surface area contributed by atoms with E-state index in [-0.39, 0.29) is 25.7 Å². The fourth-order valence-corrected chi connectivity index (χ4v) is 12.3. The summed E-state index contributed by atoms with van der Waals surface area (Å²) in [7, 11) is -9.89. The van der Waals surface area contributed by atoms with Crippen molar-refractivity contribution in [2.45, 2.75) is 375 Å². The van der Waals surface area contributed by atoms with Crippen LogP contribution < -0.4 is 0 Å². The smallest absolute Gasteiger partial charge is 0.462 e. The largest absolute Gasteiger partial charge is 0.472 e. The Kier molecular flexibility index (Phi) is 60.6. The van der Waals surface area contributed by atoms with Crippen LogP contribution in [0.5, 0.6) is 0 Å². The number of phosphoric acid groups is 2. The third-order valence-corrected chi connectivity index (χ3v) is 18.6. The quantitative estimate of drug-likeness (QED) is 0.0222. The number of aliphatic hydroxyl groups excluding tert-OH is 1. The van der Waals surface area contributed by atoms with Crippen LogP contribution >= 0.6 is 15.6 Å². The molecule has 3 unspecified atom stereocenters. The molecule has 0 aromatic heterocycles. The zero-order valence-corrected chi connectivity index (χ0v) is 60.4. The number of ether oxygens (including phenoxy) is 4. The van der Waals surface area contributed by atoms with Crippen molar-refractivity contribution < 1.29 is 80.2 Å². The lowest BCUT2D eigenvalue weighted by atomic mass is 9.99. The number of phosphoric ester groups is 2. The number of rotatable bonds is 69. The summed E-state index contributed by atoms with van der Waals surface area (Å²) in [6.45, 7) is 11.8. The molecule has 0 aromatic carbocycles. The molecule has 17 nitrogen and oxygen atoms in total. The molecule has 0 aliphatic heterocycles. The minimum Gasteiger partial charge on any atom is -0.462 e. The SMILES string of the molecule is CCCCCCCC(=O)OC[C@H](COP(=O)(O)OC[C@H](O)COP(=O)(O)OC[C@@H](COC(=O)CCCCCCCCCCCCCC(C)C)OC(=O)CCCCCCCCCCCCCCCCC(C)C)OC(=O)CCCCCCCCCCCCC(C)CC. The summed E-state index contributed by atoms with van der Waals surface area (Å²) in [6, 6.07) is 0. The van der Waals surface area contributed by atoms with Gasteiger partial charge in [-0.1, -0.05) is 305 Å².